The third-order valence-corrected chi connectivity index (χ3v) is 5.37. The van der Waals surface area contributed by atoms with Crippen molar-refractivity contribution in [2.24, 2.45) is 0 Å². The second-order valence-electron chi connectivity index (χ2n) is 5.50. The van der Waals surface area contributed by atoms with Crippen LogP contribution in [0.3, 0.4) is 0 Å². The van der Waals surface area contributed by atoms with E-state index in [1.807, 2.05) is 0 Å². The van der Waals surface area contributed by atoms with Gasteiger partial charge in [-0.15, -0.1) is 6.61 Å². The smallest absolute Gasteiger partial charge is 0.0757 e. The van der Waals surface area contributed by atoms with E-state index in [0.29, 0.717) is 0 Å². The van der Waals surface area contributed by atoms with Gasteiger partial charge in [-0.2, -0.15) is 0 Å². The van der Waals surface area contributed by atoms with E-state index in [0.717, 1.165) is 0 Å². The van der Waals surface area contributed by atoms with Crippen molar-refractivity contribution in [2.45, 2.75) is 62.3 Å². The Kier molecular flexibility index (Phi) is 26.3. The summed E-state index contributed by atoms with van der Waals surface area (Å²) in [4.78, 5) is 0. The first-order valence-electron chi connectivity index (χ1n) is 9.18. The van der Waals surface area contributed by atoms with E-state index in [-0.39, 0.29) is 19.0 Å². The van der Waals surface area contributed by atoms with E-state index < -0.39 is 0 Å². The van der Waals surface area contributed by atoms with Crippen molar-refractivity contribution in [3.63, 3.8) is 0 Å². The van der Waals surface area contributed by atoms with Crippen molar-refractivity contribution in [3.05, 3.63) is 0 Å². The van der Waals surface area contributed by atoms with Crippen molar-refractivity contribution in [1.29, 1.82) is 0 Å². The van der Waals surface area contributed by atoms with Gasteiger partial charge in [0.05, 0.1) is 52.4 Å². The van der Waals surface area contributed by atoms with Crippen molar-refractivity contribution < 1.29 is 26.5 Å². The Morgan fingerprint density at radius 3 is 0.545 bits per heavy atom. The van der Waals surface area contributed by atoms with Gasteiger partial charge in [0.15, 0.2) is 0 Å². The first-order chi connectivity index (χ1) is 9.90. The predicted octanol–water partition coefficient (Wildman–Crippen LogP) is 0.136. The average molecular weight is 341 g/mol. The molecule has 0 aromatic rings. The van der Waals surface area contributed by atoms with Crippen LogP contribution in [-0.4, -0.2) is 67.9 Å². The van der Waals surface area contributed by atoms with Crippen LogP contribution in [0.2, 0.25) is 0 Å². The van der Waals surface area contributed by atoms with Crippen LogP contribution < -0.4 is 17.5 Å². The second kappa shape index (κ2) is 19.2. The lowest BCUT2D eigenvalue weighted by atomic mass is 10.3. The molecule has 0 aliphatic heterocycles. The third kappa shape index (κ3) is 12.7. The minimum atomic E-state index is 0. The van der Waals surface area contributed by atoms with Crippen molar-refractivity contribution in [3.8, 4) is 0 Å². The van der Waals surface area contributed by atoms with Crippen molar-refractivity contribution in [2.75, 3.05) is 59.0 Å². The highest BCUT2D eigenvalue weighted by Gasteiger charge is 2.16. The zero-order valence-corrected chi connectivity index (χ0v) is 17.8. The molecule has 0 rings (SSSR count). The highest BCUT2D eigenvalue weighted by molar-refractivity contribution is 4.31. The minimum Gasteiger partial charge on any atom is -1.00 e. The van der Waals surface area contributed by atoms with E-state index >= 15 is 0 Å². The fraction of sp³-hybridized carbons (Fsp3) is 1.00. The maximum Gasteiger partial charge on any atom is 0.0757 e. The van der Waals surface area contributed by atoms with Gasteiger partial charge >= 0.3 is 0 Å². The molecule has 0 amide bonds. The summed E-state index contributed by atoms with van der Waals surface area (Å²) < 4.78 is 2.56. The Balaban J connectivity index is -0.000000120. The van der Waals surface area contributed by atoms with E-state index in [1.54, 1.807) is 6.92 Å². The molecule has 0 atom stereocenters. The van der Waals surface area contributed by atoms with Crippen LogP contribution in [0.15, 0.2) is 0 Å². The quantitative estimate of drug-likeness (QED) is 0.576. The highest BCUT2D eigenvalue weighted by Crippen LogP contribution is 2.03. The number of quaternary nitrogens is 2. The lowest BCUT2D eigenvalue weighted by molar-refractivity contribution is -0.921. The van der Waals surface area contributed by atoms with Gasteiger partial charge in [0.2, 0.25) is 0 Å². The Morgan fingerprint density at radius 2 is 0.545 bits per heavy atom. The summed E-state index contributed by atoms with van der Waals surface area (Å²) in [5.74, 6) is 0. The van der Waals surface area contributed by atoms with Gasteiger partial charge in [-0.05, 0) is 55.4 Å². The van der Waals surface area contributed by atoms with Crippen LogP contribution in [0.4, 0.5) is 0 Å². The molecule has 0 unspecified atom stereocenters. The molecule has 0 aliphatic carbocycles. The summed E-state index contributed by atoms with van der Waals surface area (Å²) in [6.45, 7) is 30.0. The fourth-order valence-electron chi connectivity index (χ4n) is 2.68. The van der Waals surface area contributed by atoms with Gasteiger partial charge in [-0.1, -0.05) is 6.92 Å². The van der Waals surface area contributed by atoms with Gasteiger partial charge in [-0.3, -0.25) is 0 Å². The summed E-state index contributed by atoms with van der Waals surface area (Å²) in [5, 5.41) is 8.93. The molecule has 3 nitrogen and oxygen atoms in total. The summed E-state index contributed by atoms with van der Waals surface area (Å²) in [7, 11) is 0. The van der Waals surface area contributed by atoms with Crippen LogP contribution in [0.1, 0.15) is 62.3 Å². The number of halogens is 1. The minimum absolute atomic E-state index is 0. The molecule has 0 aromatic heterocycles. The van der Waals surface area contributed by atoms with Crippen LogP contribution in [0.25, 0.3) is 0 Å². The van der Waals surface area contributed by atoms with Gasteiger partial charge in [0.1, 0.15) is 0 Å². The van der Waals surface area contributed by atoms with E-state index in [2.05, 4.69) is 55.4 Å². The second-order valence-corrected chi connectivity index (χ2v) is 5.50. The zero-order chi connectivity index (χ0) is 17.4. The molecule has 0 saturated carbocycles. The molecule has 0 fully saturated rings. The monoisotopic (exact) mass is 340 g/mol. The number of nitrogens with zero attached hydrogens (tertiary/aromatic N) is 2. The van der Waals surface area contributed by atoms with E-state index in [1.165, 1.54) is 61.3 Å². The van der Waals surface area contributed by atoms with Crippen LogP contribution in [0, 0.1) is 0 Å². The van der Waals surface area contributed by atoms with Crippen LogP contribution in [0.5, 0.6) is 0 Å². The number of hydrogen-bond donors (Lipinski definition) is 0. The lowest BCUT2D eigenvalue weighted by Crippen LogP contribution is -3.00. The fourth-order valence-corrected chi connectivity index (χ4v) is 2.68. The van der Waals surface area contributed by atoms with Gasteiger partial charge in [0.25, 0.3) is 0 Å². The molecule has 0 radical (unpaired) electrons. The number of rotatable bonds is 8. The number of hydrogen-bond acceptors (Lipinski definition) is 1. The standard InChI is InChI=1S/2C8H20N.C2H5O.ClH/c2*1-5-9(6-2,7-3)8-4;1-2-3;/h2*5-8H2,1-4H3;2H2,1H3;1H/q2*+1;-1;/p-1. The molecule has 22 heavy (non-hydrogen) atoms. The Morgan fingerprint density at radius 1 is 0.455 bits per heavy atom. The summed E-state index contributed by atoms with van der Waals surface area (Å²) in [6.07, 6.45) is 0. The van der Waals surface area contributed by atoms with Gasteiger partial charge in [0, 0.05) is 0 Å². The highest BCUT2D eigenvalue weighted by atomic mass is 35.5. The molecule has 0 spiro atoms. The predicted molar refractivity (Wildman–Crippen MR) is 95.4 cm³/mol. The molecule has 0 aliphatic rings. The van der Waals surface area contributed by atoms with Crippen molar-refractivity contribution in [1.82, 2.24) is 0 Å². The molecule has 4 heteroatoms. The van der Waals surface area contributed by atoms with E-state index in [4.69, 9.17) is 5.11 Å². The summed E-state index contributed by atoms with van der Waals surface area (Å²) in [6, 6.07) is 0. The SMILES string of the molecule is CC[N+](CC)(CC)CC.CC[N+](CC)(CC)CC.CC[O-].[Cl-]. The Hall–Kier alpha value is 0.170. The van der Waals surface area contributed by atoms with Crippen molar-refractivity contribution >= 4 is 0 Å². The molecule has 0 bridgehead atoms. The average Bonchev–Trinajstić information content (AvgIpc) is 2.54. The lowest BCUT2D eigenvalue weighted by Gasteiger charge is -2.34. The normalized spacial score (nSPS) is 10.6. The molecular weight excluding hydrogens is 296 g/mol. The van der Waals surface area contributed by atoms with E-state index in [9.17, 15) is 0 Å². The first-order valence-corrected chi connectivity index (χ1v) is 9.18. The summed E-state index contributed by atoms with van der Waals surface area (Å²) in [5.41, 5.74) is 0. The maximum absolute atomic E-state index is 8.93. The van der Waals surface area contributed by atoms with Gasteiger partial charge in [-0.25, -0.2) is 0 Å². The third-order valence-electron chi connectivity index (χ3n) is 5.37. The van der Waals surface area contributed by atoms with Crippen LogP contribution in [-0.2, 0) is 0 Å². The van der Waals surface area contributed by atoms with Gasteiger partial charge < -0.3 is 26.5 Å². The first kappa shape index (κ1) is 30.1. The Bertz CT molecular complexity index is 139. The molecule has 0 N–H and O–H groups in total. The molecule has 0 heterocycles. The molecule has 0 aromatic carbocycles. The molecule has 0 saturated heterocycles. The Labute approximate surface area is 148 Å². The largest absolute Gasteiger partial charge is 1.00 e. The molecule has 140 valence electrons. The maximum atomic E-state index is 8.93. The summed E-state index contributed by atoms with van der Waals surface area (Å²) >= 11 is 0. The topological polar surface area (TPSA) is 23.1 Å². The zero-order valence-electron chi connectivity index (χ0n) is 17.0. The molecular formula is C18H45ClN2O. The van der Waals surface area contributed by atoms with Crippen LogP contribution >= 0.6 is 0 Å².